The molecule has 2 atom stereocenters. The van der Waals surface area contributed by atoms with Crippen LogP contribution in [0, 0.1) is 0 Å². The highest BCUT2D eigenvalue weighted by atomic mass is 16.5. The zero-order valence-electron chi connectivity index (χ0n) is 36.4. The summed E-state index contributed by atoms with van der Waals surface area (Å²) >= 11 is 0. The number of hydrogen-bond acceptors (Lipinski definition) is 5. The highest BCUT2D eigenvalue weighted by Gasteiger charge is 2.19. The van der Waals surface area contributed by atoms with Gasteiger partial charge in [-0.3, -0.25) is 9.59 Å². The molecule has 55 heavy (non-hydrogen) atoms. The summed E-state index contributed by atoms with van der Waals surface area (Å²) in [4.78, 5) is 24.4. The Morgan fingerprint density at radius 1 is 0.509 bits per heavy atom. The monoisotopic (exact) mass is 774 g/mol. The van der Waals surface area contributed by atoms with Crippen molar-refractivity contribution in [3.05, 3.63) is 36.5 Å². The average Bonchev–Trinajstić information content (AvgIpc) is 3.18. The van der Waals surface area contributed by atoms with E-state index >= 15 is 0 Å². The molecule has 0 saturated heterocycles. The molecule has 3 N–H and O–H groups in total. The number of rotatable bonds is 43. The number of aliphatic hydroxyl groups is 2. The molecule has 0 bridgehead atoms. The van der Waals surface area contributed by atoms with Crippen LogP contribution in [0.3, 0.4) is 0 Å². The molecule has 0 aromatic carbocycles. The number of esters is 1. The molecule has 0 aromatic heterocycles. The van der Waals surface area contributed by atoms with Gasteiger partial charge >= 0.3 is 5.97 Å². The van der Waals surface area contributed by atoms with E-state index in [1.54, 1.807) is 0 Å². The Morgan fingerprint density at radius 2 is 0.927 bits per heavy atom. The van der Waals surface area contributed by atoms with Gasteiger partial charge in [0.2, 0.25) is 5.91 Å². The second-order valence-corrected chi connectivity index (χ2v) is 16.1. The maximum absolute atomic E-state index is 12.4. The largest absolute Gasteiger partial charge is 0.466 e. The molecule has 0 rings (SSSR count). The SMILES string of the molecule is CCCCCC/C=C\C/C=C\CCCCCCCCCC(=O)OCCCCCC/C=C\CCCC(=O)NC(CO)C(O)CCCCCCCCCCCCC. The fourth-order valence-electron chi connectivity index (χ4n) is 6.96. The van der Waals surface area contributed by atoms with Gasteiger partial charge < -0.3 is 20.3 Å². The second kappa shape index (κ2) is 44.8. The number of carbonyl (C=O) groups is 2. The summed E-state index contributed by atoms with van der Waals surface area (Å²) in [6.07, 6.45) is 52.5. The summed E-state index contributed by atoms with van der Waals surface area (Å²) in [5, 5.41) is 23.0. The van der Waals surface area contributed by atoms with E-state index in [9.17, 15) is 19.8 Å². The minimum Gasteiger partial charge on any atom is -0.466 e. The van der Waals surface area contributed by atoms with Gasteiger partial charge in [0.05, 0.1) is 25.4 Å². The van der Waals surface area contributed by atoms with E-state index in [-0.39, 0.29) is 18.5 Å². The Labute approximate surface area is 341 Å². The van der Waals surface area contributed by atoms with E-state index in [4.69, 9.17) is 4.74 Å². The molecule has 0 saturated carbocycles. The Balaban J connectivity index is 3.54. The standard InChI is InChI=1S/C49H91NO5/c1-3-5-7-9-11-13-15-16-17-18-19-20-21-23-27-31-35-39-43-49(54)55-44-40-36-32-28-24-26-30-34-38-42-48(53)50-46(45-51)47(52)41-37-33-29-25-22-14-12-10-8-6-4-2/h13,15,17-18,26,30,46-47,51-52H,3-12,14,16,19-25,27-29,31-45H2,1-2H3,(H,50,53)/b15-13-,18-17-,30-26-. The highest BCUT2D eigenvalue weighted by molar-refractivity contribution is 5.76. The Hall–Kier alpha value is -1.92. The van der Waals surface area contributed by atoms with Gasteiger partial charge in [-0.15, -0.1) is 0 Å². The van der Waals surface area contributed by atoms with Gasteiger partial charge in [-0.25, -0.2) is 0 Å². The first-order valence-corrected chi connectivity index (χ1v) is 23.7. The van der Waals surface area contributed by atoms with Gasteiger partial charge in [-0.2, -0.15) is 0 Å². The molecule has 0 heterocycles. The van der Waals surface area contributed by atoms with Crippen LogP contribution in [0.1, 0.15) is 239 Å². The third kappa shape index (κ3) is 41.5. The number of aliphatic hydroxyl groups excluding tert-OH is 2. The number of ether oxygens (including phenoxy) is 1. The number of hydrogen-bond donors (Lipinski definition) is 3. The molecule has 0 aliphatic heterocycles. The van der Waals surface area contributed by atoms with Gasteiger partial charge in [-0.1, -0.05) is 185 Å². The molecule has 6 heteroatoms. The third-order valence-corrected chi connectivity index (χ3v) is 10.7. The van der Waals surface area contributed by atoms with Crippen LogP contribution in [0.15, 0.2) is 36.5 Å². The normalized spacial score (nSPS) is 13.0. The predicted octanol–water partition coefficient (Wildman–Crippen LogP) is 13.7. The molecule has 0 fully saturated rings. The van der Waals surface area contributed by atoms with Crippen molar-refractivity contribution in [2.75, 3.05) is 13.2 Å². The first kappa shape index (κ1) is 53.1. The quantitative estimate of drug-likeness (QED) is 0.0326. The van der Waals surface area contributed by atoms with E-state index in [1.807, 2.05) is 0 Å². The van der Waals surface area contributed by atoms with Crippen molar-refractivity contribution in [2.45, 2.75) is 251 Å². The molecule has 6 nitrogen and oxygen atoms in total. The van der Waals surface area contributed by atoms with Crippen LogP contribution in [0.4, 0.5) is 0 Å². The van der Waals surface area contributed by atoms with Crippen LogP contribution in [0.2, 0.25) is 0 Å². The predicted molar refractivity (Wildman–Crippen MR) is 236 cm³/mol. The molecule has 0 aliphatic rings. The zero-order chi connectivity index (χ0) is 40.1. The van der Waals surface area contributed by atoms with E-state index in [1.165, 1.54) is 128 Å². The Morgan fingerprint density at radius 3 is 1.45 bits per heavy atom. The smallest absolute Gasteiger partial charge is 0.305 e. The Kier molecular flexibility index (Phi) is 43.2. The summed E-state index contributed by atoms with van der Waals surface area (Å²) < 4.78 is 5.43. The van der Waals surface area contributed by atoms with Crippen molar-refractivity contribution in [3.8, 4) is 0 Å². The first-order chi connectivity index (χ1) is 27.0. The molecule has 2 unspecified atom stereocenters. The van der Waals surface area contributed by atoms with E-state index in [0.29, 0.717) is 25.9 Å². The summed E-state index contributed by atoms with van der Waals surface area (Å²) in [5.41, 5.74) is 0. The second-order valence-electron chi connectivity index (χ2n) is 16.1. The fourth-order valence-corrected chi connectivity index (χ4v) is 6.96. The third-order valence-electron chi connectivity index (χ3n) is 10.7. The van der Waals surface area contributed by atoms with Crippen molar-refractivity contribution < 1.29 is 24.5 Å². The molecular weight excluding hydrogens is 683 g/mol. The molecule has 0 aliphatic carbocycles. The number of nitrogens with one attached hydrogen (secondary N) is 1. The maximum atomic E-state index is 12.4. The summed E-state index contributed by atoms with van der Waals surface area (Å²) in [5.74, 6) is -0.143. The number of unbranched alkanes of at least 4 members (excludes halogenated alkanes) is 26. The lowest BCUT2D eigenvalue weighted by Crippen LogP contribution is -2.45. The lowest BCUT2D eigenvalue weighted by molar-refractivity contribution is -0.143. The number of amides is 1. The van der Waals surface area contributed by atoms with Crippen LogP contribution in [-0.4, -0.2) is 47.4 Å². The minimum atomic E-state index is -0.694. The number of carbonyl (C=O) groups excluding carboxylic acids is 2. The van der Waals surface area contributed by atoms with E-state index in [2.05, 4.69) is 55.6 Å². The minimum absolute atomic E-state index is 0.0441. The van der Waals surface area contributed by atoms with Crippen LogP contribution >= 0.6 is 0 Å². The molecule has 322 valence electrons. The molecule has 0 radical (unpaired) electrons. The van der Waals surface area contributed by atoms with Gasteiger partial charge in [0, 0.05) is 12.8 Å². The first-order valence-electron chi connectivity index (χ1n) is 23.7. The van der Waals surface area contributed by atoms with Crippen LogP contribution < -0.4 is 5.32 Å². The van der Waals surface area contributed by atoms with E-state index in [0.717, 1.165) is 77.0 Å². The van der Waals surface area contributed by atoms with Crippen molar-refractivity contribution >= 4 is 11.9 Å². The zero-order valence-corrected chi connectivity index (χ0v) is 36.4. The summed E-state index contributed by atoms with van der Waals surface area (Å²) in [7, 11) is 0. The molecule has 0 spiro atoms. The van der Waals surface area contributed by atoms with Crippen LogP contribution in [0.5, 0.6) is 0 Å². The van der Waals surface area contributed by atoms with Crippen molar-refractivity contribution in [1.29, 1.82) is 0 Å². The Bertz CT molecular complexity index is 900. The molecule has 0 aromatic rings. The van der Waals surface area contributed by atoms with Gasteiger partial charge in [0.1, 0.15) is 0 Å². The topological polar surface area (TPSA) is 95.9 Å². The lowest BCUT2D eigenvalue weighted by Gasteiger charge is -2.22. The van der Waals surface area contributed by atoms with Gasteiger partial charge in [0.15, 0.2) is 0 Å². The van der Waals surface area contributed by atoms with Crippen molar-refractivity contribution in [3.63, 3.8) is 0 Å². The van der Waals surface area contributed by atoms with Crippen LogP contribution in [0.25, 0.3) is 0 Å². The van der Waals surface area contributed by atoms with Crippen molar-refractivity contribution in [2.24, 2.45) is 0 Å². The van der Waals surface area contributed by atoms with E-state index < -0.39 is 12.1 Å². The summed E-state index contributed by atoms with van der Waals surface area (Å²) in [6.45, 7) is 4.82. The number of allylic oxidation sites excluding steroid dienone is 6. The molecule has 1 amide bonds. The lowest BCUT2D eigenvalue weighted by atomic mass is 10.0. The highest BCUT2D eigenvalue weighted by Crippen LogP contribution is 2.15. The molecular formula is C49H91NO5. The average molecular weight is 774 g/mol. The maximum Gasteiger partial charge on any atom is 0.305 e. The van der Waals surface area contributed by atoms with Crippen molar-refractivity contribution in [1.82, 2.24) is 5.32 Å². The van der Waals surface area contributed by atoms with Crippen LogP contribution in [-0.2, 0) is 14.3 Å². The fraction of sp³-hybridized carbons (Fsp3) is 0.837. The van der Waals surface area contributed by atoms with Gasteiger partial charge in [0.25, 0.3) is 0 Å². The summed E-state index contributed by atoms with van der Waals surface area (Å²) in [6, 6.07) is -0.578. The van der Waals surface area contributed by atoms with Gasteiger partial charge in [-0.05, 0) is 77.0 Å².